The van der Waals surface area contributed by atoms with Crippen LogP contribution < -0.4 is 0 Å². The Morgan fingerprint density at radius 3 is 1.04 bits per heavy atom. The van der Waals surface area contributed by atoms with E-state index in [1.165, 1.54) is 116 Å². The summed E-state index contributed by atoms with van der Waals surface area (Å²) in [5, 5.41) is 10.0. The van der Waals surface area contributed by atoms with Crippen LogP contribution in [-0.4, -0.2) is 17.0 Å². The van der Waals surface area contributed by atoms with Gasteiger partial charge < -0.3 is 5.11 Å². The van der Waals surface area contributed by atoms with Crippen LogP contribution >= 0.6 is 0 Å². The summed E-state index contributed by atoms with van der Waals surface area (Å²) in [5.74, 6) is 0.0838. The van der Waals surface area contributed by atoms with E-state index in [0.29, 0.717) is 12.8 Å². The molecular weight excluding hydrogens is 332 g/mol. The highest BCUT2D eigenvalue weighted by atomic mass is 16.3. The summed E-state index contributed by atoms with van der Waals surface area (Å²) in [6.45, 7) is 0. The highest BCUT2D eigenvalue weighted by molar-refractivity contribution is 5.82. The average Bonchev–Trinajstić information content (AvgIpc) is 2.67. The number of hydrogen-bond acceptors (Lipinski definition) is 2. The van der Waals surface area contributed by atoms with Crippen LogP contribution in [0.25, 0.3) is 0 Å². The van der Waals surface area contributed by atoms with Crippen molar-refractivity contribution in [2.45, 2.75) is 154 Å². The summed E-state index contributed by atoms with van der Waals surface area (Å²) < 4.78 is 0. The lowest BCUT2D eigenvalue weighted by atomic mass is 10.0. The van der Waals surface area contributed by atoms with Crippen molar-refractivity contribution in [2.75, 3.05) is 0 Å². The third kappa shape index (κ3) is 16.3. The number of rotatable bonds is 0. The molecule has 0 aromatic rings. The second-order valence-electron chi connectivity index (χ2n) is 8.95. The maximum absolute atomic E-state index is 12.0. The largest absolute Gasteiger partial charge is 0.385 e. The van der Waals surface area contributed by atoms with E-state index in [-0.39, 0.29) is 5.78 Å². The molecule has 0 aromatic heterocycles. The molecule has 1 aliphatic rings. The number of carbonyl (C=O) groups is 1. The molecule has 0 heterocycles. The monoisotopic (exact) mass is 380 g/mol. The van der Waals surface area contributed by atoms with Gasteiger partial charge in [-0.25, -0.2) is 0 Å². The Balaban J connectivity index is 2.15. The number of aliphatic hydroxyl groups is 1. The molecule has 0 radical (unpaired) electrons. The lowest BCUT2D eigenvalue weighted by Gasteiger charge is -2.09. The van der Waals surface area contributed by atoms with E-state index in [1.54, 1.807) is 0 Å². The second kappa shape index (κ2) is 19.0. The number of carbonyl (C=O) groups excluding carboxylic acids is 1. The third-order valence-corrected chi connectivity index (χ3v) is 6.27. The normalized spacial score (nSPS) is 26.0. The average molecular weight is 381 g/mol. The first-order chi connectivity index (χ1) is 13.3. The zero-order valence-corrected chi connectivity index (χ0v) is 18.2. The second-order valence-corrected chi connectivity index (χ2v) is 8.95. The summed E-state index contributed by atoms with van der Waals surface area (Å²) in [4.78, 5) is 12.0. The third-order valence-electron chi connectivity index (χ3n) is 6.27. The molecule has 1 saturated carbocycles. The van der Waals surface area contributed by atoms with Crippen molar-refractivity contribution < 1.29 is 9.90 Å². The van der Waals surface area contributed by atoms with Gasteiger partial charge in [-0.1, -0.05) is 128 Å². The molecule has 1 fully saturated rings. The van der Waals surface area contributed by atoms with Gasteiger partial charge in [0.15, 0.2) is 5.78 Å². The summed E-state index contributed by atoms with van der Waals surface area (Å²) in [6, 6.07) is 0. The Morgan fingerprint density at radius 2 is 0.704 bits per heavy atom. The summed E-state index contributed by atoms with van der Waals surface area (Å²) in [6.07, 6.45) is 28.4. The first kappa shape index (κ1) is 24.7. The van der Waals surface area contributed by atoms with Crippen molar-refractivity contribution in [2.24, 2.45) is 0 Å². The van der Waals surface area contributed by atoms with Crippen LogP contribution in [0.1, 0.15) is 148 Å². The van der Waals surface area contributed by atoms with Crippen LogP contribution in [0.15, 0.2) is 0 Å². The van der Waals surface area contributed by atoms with E-state index in [9.17, 15) is 9.90 Å². The Hall–Kier alpha value is -0.370. The molecule has 1 atom stereocenters. The van der Waals surface area contributed by atoms with Crippen molar-refractivity contribution in [1.82, 2.24) is 0 Å². The lowest BCUT2D eigenvalue weighted by Crippen LogP contribution is -2.19. The first-order valence-corrected chi connectivity index (χ1v) is 12.5. The quantitative estimate of drug-likeness (QED) is 0.463. The number of ketones is 1. The summed E-state index contributed by atoms with van der Waals surface area (Å²) in [7, 11) is 0. The van der Waals surface area contributed by atoms with Gasteiger partial charge in [0.25, 0.3) is 0 Å². The summed E-state index contributed by atoms with van der Waals surface area (Å²) in [5.41, 5.74) is 0. The number of aliphatic hydroxyl groups excluding tert-OH is 1. The molecule has 0 aromatic carbocycles. The standard InChI is InChI=1S/C25H48O2/c26-24-22-20-18-16-14-12-10-8-6-4-2-1-3-5-7-9-11-13-15-17-19-21-23-25(24)27/h24,26H,1-23H2. The smallest absolute Gasteiger partial charge is 0.161 e. The highest BCUT2D eigenvalue weighted by Crippen LogP contribution is 2.16. The maximum Gasteiger partial charge on any atom is 0.161 e. The molecule has 27 heavy (non-hydrogen) atoms. The molecule has 0 spiro atoms. The van der Waals surface area contributed by atoms with Gasteiger partial charge in [0, 0.05) is 6.42 Å². The Morgan fingerprint density at radius 1 is 0.444 bits per heavy atom. The Labute approximate surface area is 169 Å². The van der Waals surface area contributed by atoms with Crippen LogP contribution in [0, 0.1) is 0 Å². The molecule has 1 aliphatic carbocycles. The fourth-order valence-electron chi connectivity index (χ4n) is 4.32. The Bertz CT molecular complexity index is 326. The molecule has 1 rings (SSSR count). The minimum absolute atomic E-state index is 0.0838. The minimum Gasteiger partial charge on any atom is -0.385 e. The molecule has 0 amide bonds. The van der Waals surface area contributed by atoms with Gasteiger partial charge in [0.2, 0.25) is 0 Å². The molecular formula is C25H48O2. The van der Waals surface area contributed by atoms with Crippen LogP contribution in [0.4, 0.5) is 0 Å². The molecule has 2 nitrogen and oxygen atoms in total. The van der Waals surface area contributed by atoms with Crippen molar-refractivity contribution in [3.63, 3.8) is 0 Å². The molecule has 1 unspecified atom stereocenters. The molecule has 1 N–H and O–H groups in total. The van der Waals surface area contributed by atoms with Crippen molar-refractivity contribution >= 4 is 5.78 Å². The van der Waals surface area contributed by atoms with Gasteiger partial charge in [-0.2, -0.15) is 0 Å². The highest BCUT2D eigenvalue weighted by Gasteiger charge is 2.13. The molecule has 0 bridgehead atoms. The van der Waals surface area contributed by atoms with Crippen LogP contribution in [0.2, 0.25) is 0 Å². The number of hydrogen-bond donors (Lipinski definition) is 1. The topological polar surface area (TPSA) is 37.3 Å². The zero-order valence-electron chi connectivity index (χ0n) is 18.2. The predicted molar refractivity (Wildman–Crippen MR) is 117 cm³/mol. The van der Waals surface area contributed by atoms with E-state index >= 15 is 0 Å². The molecule has 0 aliphatic heterocycles. The van der Waals surface area contributed by atoms with Gasteiger partial charge in [0.1, 0.15) is 6.10 Å². The van der Waals surface area contributed by atoms with Gasteiger partial charge in [-0.05, 0) is 12.8 Å². The SMILES string of the molecule is O=C1CCCCCCCCCCCCCCCCCCCCCCCC1O. The Kier molecular flexibility index (Phi) is 17.3. The van der Waals surface area contributed by atoms with E-state index in [4.69, 9.17) is 0 Å². The van der Waals surface area contributed by atoms with E-state index in [2.05, 4.69) is 0 Å². The zero-order chi connectivity index (χ0) is 19.4. The van der Waals surface area contributed by atoms with Crippen molar-refractivity contribution in [3.05, 3.63) is 0 Å². The van der Waals surface area contributed by atoms with Crippen LogP contribution in [0.5, 0.6) is 0 Å². The van der Waals surface area contributed by atoms with Gasteiger partial charge >= 0.3 is 0 Å². The van der Waals surface area contributed by atoms with Crippen molar-refractivity contribution in [3.8, 4) is 0 Å². The van der Waals surface area contributed by atoms with Gasteiger partial charge in [-0.3, -0.25) is 4.79 Å². The van der Waals surface area contributed by atoms with Gasteiger partial charge in [0.05, 0.1) is 0 Å². The molecule has 2 heteroatoms. The minimum atomic E-state index is -0.695. The maximum atomic E-state index is 12.0. The van der Waals surface area contributed by atoms with Crippen LogP contribution in [-0.2, 0) is 4.79 Å². The van der Waals surface area contributed by atoms with E-state index in [1.807, 2.05) is 0 Å². The number of Topliss-reactive ketones (excluding diaryl/α,β-unsaturated/α-hetero) is 1. The van der Waals surface area contributed by atoms with E-state index in [0.717, 1.165) is 19.3 Å². The fourth-order valence-corrected chi connectivity index (χ4v) is 4.32. The van der Waals surface area contributed by atoms with E-state index < -0.39 is 6.10 Å². The first-order valence-electron chi connectivity index (χ1n) is 12.5. The van der Waals surface area contributed by atoms with Crippen LogP contribution in [0.3, 0.4) is 0 Å². The predicted octanol–water partition coefficient (Wildman–Crippen LogP) is 7.90. The molecule has 160 valence electrons. The fraction of sp³-hybridized carbons (Fsp3) is 0.960. The molecule has 0 saturated heterocycles. The van der Waals surface area contributed by atoms with Crippen molar-refractivity contribution in [1.29, 1.82) is 0 Å². The summed E-state index contributed by atoms with van der Waals surface area (Å²) >= 11 is 0. The van der Waals surface area contributed by atoms with Gasteiger partial charge in [-0.15, -0.1) is 0 Å². The lowest BCUT2D eigenvalue weighted by molar-refractivity contribution is -0.127.